The van der Waals surface area contributed by atoms with E-state index in [9.17, 15) is 24.8 Å². The first-order valence-electron chi connectivity index (χ1n) is 8.39. The fraction of sp³-hybridized carbons (Fsp3) is 0.529. The number of nitro groups is 1. The minimum absolute atomic E-state index is 0.0846. The Kier molecular flexibility index (Phi) is 4.68. The van der Waals surface area contributed by atoms with E-state index in [0.29, 0.717) is 31.5 Å². The first-order valence-corrected chi connectivity index (χ1v) is 8.39. The Labute approximate surface area is 150 Å². The molecule has 1 amide bonds. The van der Waals surface area contributed by atoms with E-state index in [-0.39, 0.29) is 17.9 Å². The molecule has 2 saturated heterocycles. The van der Waals surface area contributed by atoms with E-state index in [1.54, 1.807) is 6.92 Å². The van der Waals surface area contributed by atoms with Gasteiger partial charge in [0.15, 0.2) is 6.04 Å². The number of likely N-dealkylation sites (tertiary alicyclic amines) is 1. The maximum absolute atomic E-state index is 13.1. The Hall–Kier alpha value is -2.52. The number of amides is 1. The molecule has 1 spiro atoms. The summed E-state index contributed by atoms with van der Waals surface area (Å²) in [6, 6.07) is 3.09. The van der Waals surface area contributed by atoms with Crippen molar-refractivity contribution < 1.29 is 24.4 Å². The van der Waals surface area contributed by atoms with E-state index in [1.807, 2.05) is 7.05 Å². The van der Waals surface area contributed by atoms with Gasteiger partial charge in [0, 0.05) is 43.1 Å². The summed E-state index contributed by atoms with van der Waals surface area (Å²) >= 11 is 0. The van der Waals surface area contributed by atoms with Crippen LogP contribution < -0.4 is 0 Å². The fourth-order valence-electron chi connectivity index (χ4n) is 3.60. The molecule has 2 heterocycles. The molecule has 0 unspecified atom stereocenters. The quantitative estimate of drug-likeness (QED) is 0.635. The molecular weight excluding hydrogens is 342 g/mol. The monoisotopic (exact) mass is 363 g/mol. The number of hydrogen-bond acceptors (Lipinski definition) is 6. The summed E-state index contributed by atoms with van der Waals surface area (Å²) in [6.07, 6.45) is 0.986. The highest BCUT2D eigenvalue weighted by Crippen LogP contribution is 2.38. The van der Waals surface area contributed by atoms with Gasteiger partial charge >= 0.3 is 5.97 Å². The maximum atomic E-state index is 13.1. The summed E-state index contributed by atoms with van der Waals surface area (Å²) in [5.74, 6) is -1.70. The third-order valence-electron chi connectivity index (χ3n) is 5.19. The van der Waals surface area contributed by atoms with Gasteiger partial charge < -0.3 is 14.7 Å². The van der Waals surface area contributed by atoms with Crippen molar-refractivity contribution in [3.63, 3.8) is 0 Å². The van der Waals surface area contributed by atoms with Crippen LogP contribution in [0.15, 0.2) is 18.2 Å². The van der Waals surface area contributed by atoms with Crippen LogP contribution in [-0.4, -0.2) is 70.2 Å². The zero-order valence-electron chi connectivity index (χ0n) is 14.7. The molecule has 1 atom stereocenters. The van der Waals surface area contributed by atoms with Gasteiger partial charge in [0.05, 0.1) is 11.5 Å². The number of aliphatic carboxylic acids is 1. The fourth-order valence-corrected chi connectivity index (χ4v) is 3.60. The van der Waals surface area contributed by atoms with E-state index in [0.717, 1.165) is 0 Å². The maximum Gasteiger partial charge on any atom is 0.328 e. The van der Waals surface area contributed by atoms with Crippen LogP contribution in [0, 0.1) is 17.0 Å². The van der Waals surface area contributed by atoms with Gasteiger partial charge in [-0.3, -0.25) is 19.8 Å². The van der Waals surface area contributed by atoms with Crippen molar-refractivity contribution in [1.29, 1.82) is 0 Å². The Morgan fingerprint density at radius 1 is 1.35 bits per heavy atom. The smallest absolute Gasteiger partial charge is 0.328 e. The van der Waals surface area contributed by atoms with Gasteiger partial charge in [0.1, 0.15) is 5.72 Å². The predicted molar refractivity (Wildman–Crippen MR) is 90.8 cm³/mol. The molecule has 1 aromatic carbocycles. The number of aryl methyl sites for hydroxylation is 1. The number of rotatable bonds is 3. The first kappa shape index (κ1) is 18.3. The van der Waals surface area contributed by atoms with Gasteiger partial charge in [-0.15, -0.1) is 0 Å². The van der Waals surface area contributed by atoms with Crippen molar-refractivity contribution in [2.45, 2.75) is 31.5 Å². The molecule has 1 aromatic rings. The Morgan fingerprint density at radius 2 is 2.00 bits per heavy atom. The molecule has 0 saturated carbocycles. The SMILES string of the molecule is Cc1ccc(C(=O)N2[C@H](C(=O)O)COC23CCN(C)CC3)cc1[N+](=O)[O-]. The van der Waals surface area contributed by atoms with Crippen molar-refractivity contribution in [3.05, 3.63) is 39.4 Å². The second-order valence-electron chi connectivity index (χ2n) is 6.85. The number of ether oxygens (including phenoxy) is 1. The summed E-state index contributed by atoms with van der Waals surface area (Å²) in [5, 5.41) is 20.7. The third kappa shape index (κ3) is 3.04. The Balaban J connectivity index is 1.99. The van der Waals surface area contributed by atoms with Crippen molar-refractivity contribution in [2.75, 3.05) is 26.7 Å². The van der Waals surface area contributed by atoms with Gasteiger partial charge in [-0.25, -0.2) is 4.79 Å². The highest BCUT2D eigenvalue weighted by molar-refractivity contribution is 5.98. The second-order valence-corrected chi connectivity index (χ2v) is 6.85. The largest absolute Gasteiger partial charge is 0.480 e. The summed E-state index contributed by atoms with van der Waals surface area (Å²) in [7, 11) is 1.95. The van der Waals surface area contributed by atoms with E-state index in [4.69, 9.17) is 4.74 Å². The lowest BCUT2D eigenvalue weighted by atomic mass is 9.97. The number of piperidine rings is 1. The number of nitro benzene ring substituents is 1. The summed E-state index contributed by atoms with van der Waals surface area (Å²) in [6.45, 7) is 2.84. The van der Waals surface area contributed by atoms with Crippen LogP contribution in [0.4, 0.5) is 5.69 Å². The van der Waals surface area contributed by atoms with Gasteiger partial charge in [-0.1, -0.05) is 6.07 Å². The van der Waals surface area contributed by atoms with Gasteiger partial charge in [0.2, 0.25) is 0 Å². The minimum atomic E-state index is -1.14. The molecule has 140 valence electrons. The molecule has 0 aromatic heterocycles. The summed E-state index contributed by atoms with van der Waals surface area (Å²) in [4.78, 5) is 38.8. The lowest BCUT2D eigenvalue weighted by Gasteiger charge is -2.43. The van der Waals surface area contributed by atoms with E-state index < -0.39 is 28.6 Å². The van der Waals surface area contributed by atoms with Crippen LogP contribution in [0.2, 0.25) is 0 Å². The summed E-state index contributed by atoms with van der Waals surface area (Å²) in [5.41, 5.74) is -0.614. The molecule has 9 heteroatoms. The predicted octanol–water partition coefficient (Wildman–Crippen LogP) is 1.25. The zero-order chi connectivity index (χ0) is 19.1. The standard InChI is InChI=1S/C17H21N3O6/c1-11-3-4-12(9-13(11)20(24)25)15(21)19-14(16(22)23)10-26-17(19)5-7-18(2)8-6-17/h3-4,9,14H,5-8,10H2,1-2H3,(H,22,23)/t14-/m0/s1. The first-order chi connectivity index (χ1) is 12.2. The van der Waals surface area contributed by atoms with Crippen LogP contribution in [0.3, 0.4) is 0 Å². The molecule has 1 N–H and O–H groups in total. The van der Waals surface area contributed by atoms with Crippen molar-refractivity contribution in [3.8, 4) is 0 Å². The van der Waals surface area contributed by atoms with Gasteiger partial charge in [-0.05, 0) is 20.0 Å². The number of carboxylic acids is 1. The molecule has 3 rings (SSSR count). The van der Waals surface area contributed by atoms with E-state index in [1.165, 1.54) is 23.1 Å². The number of hydrogen-bond donors (Lipinski definition) is 1. The molecule has 0 bridgehead atoms. The number of carbonyl (C=O) groups is 2. The van der Waals surface area contributed by atoms with Crippen molar-refractivity contribution in [1.82, 2.24) is 9.80 Å². The molecule has 0 radical (unpaired) electrons. The van der Waals surface area contributed by atoms with Crippen LogP contribution in [-0.2, 0) is 9.53 Å². The highest BCUT2D eigenvalue weighted by Gasteiger charge is 2.53. The topological polar surface area (TPSA) is 113 Å². The van der Waals surface area contributed by atoms with Crippen LogP contribution >= 0.6 is 0 Å². The molecular formula is C17H21N3O6. The minimum Gasteiger partial charge on any atom is -0.480 e. The average molecular weight is 363 g/mol. The molecule has 26 heavy (non-hydrogen) atoms. The average Bonchev–Trinajstić information content (AvgIpc) is 2.96. The highest BCUT2D eigenvalue weighted by atomic mass is 16.6. The number of benzene rings is 1. The molecule has 2 aliphatic heterocycles. The van der Waals surface area contributed by atoms with E-state index in [2.05, 4.69) is 4.90 Å². The second kappa shape index (κ2) is 6.65. The molecule has 0 aliphatic carbocycles. The Bertz CT molecular complexity index is 757. The molecule has 9 nitrogen and oxygen atoms in total. The zero-order valence-corrected chi connectivity index (χ0v) is 14.7. The number of carbonyl (C=O) groups excluding carboxylic acids is 1. The van der Waals surface area contributed by atoms with E-state index >= 15 is 0 Å². The molecule has 2 aliphatic rings. The summed E-state index contributed by atoms with van der Waals surface area (Å²) < 4.78 is 5.82. The lowest BCUT2D eigenvalue weighted by Crippen LogP contribution is -2.57. The van der Waals surface area contributed by atoms with Gasteiger partial charge in [0.25, 0.3) is 11.6 Å². The van der Waals surface area contributed by atoms with Crippen LogP contribution in [0.5, 0.6) is 0 Å². The number of nitrogens with zero attached hydrogens (tertiary/aromatic N) is 3. The van der Waals surface area contributed by atoms with Crippen LogP contribution in [0.25, 0.3) is 0 Å². The third-order valence-corrected chi connectivity index (χ3v) is 5.19. The van der Waals surface area contributed by atoms with Crippen LogP contribution in [0.1, 0.15) is 28.8 Å². The molecule has 2 fully saturated rings. The Morgan fingerprint density at radius 3 is 2.58 bits per heavy atom. The van der Waals surface area contributed by atoms with Crippen molar-refractivity contribution >= 4 is 17.6 Å². The number of carboxylic acid groups (broad SMARTS) is 1. The normalized spacial score (nSPS) is 22.5. The van der Waals surface area contributed by atoms with Crippen molar-refractivity contribution in [2.24, 2.45) is 0 Å². The lowest BCUT2D eigenvalue weighted by molar-refractivity contribution is -0.385. The van der Waals surface area contributed by atoms with Gasteiger partial charge in [-0.2, -0.15) is 0 Å².